The largest absolute Gasteiger partial charge is 0.427 e. The molecule has 4 rings (SSSR count). The molecule has 1 amide bonds. The molecule has 3 aromatic rings. The van der Waals surface area contributed by atoms with E-state index in [0.29, 0.717) is 28.5 Å². The summed E-state index contributed by atoms with van der Waals surface area (Å²) in [5.41, 5.74) is 1.26. The minimum atomic E-state index is -0.616. The summed E-state index contributed by atoms with van der Waals surface area (Å²) in [7, 11) is 0. The molecule has 150 valence electrons. The van der Waals surface area contributed by atoms with Gasteiger partial charge in [0.1, 0.15) is 17.0 Å². The lowest BCUT2D eigenvalue weighted by molar-refractivity contribution is 0.0941. The third-order valence-corrected chi connectivity index (χ3v) is 5.00. The van der Waals surface area contributed by atoms with E-state index in [9.17, 15) is 9.59 Å². The maximum absolute atomic E-state index is 12.6. The summed E-state index contributed by atoms with van der Waals surface area (Å²) in [6.45, 7) is 3.60. The normalized spacial score (nSPS) is 16.5. The van der Waals surface area contributed by atoms with Crippen LogP contribution in [0.15, 0.2) is 50.3 Å². The monoisotopic (exact) mass is 394 g/mol. The molecule has 1 unspecified atom stereocenters. The number of carbonyl (C=O) groups is 1. The number of nitrogens with one attached hydrogen (secondary N) is 2. The predicted octanol–water partition coefficient (Wildman–Crippen LogP) is 2.40. The van der Waals surface area contributed by atoms with Gasteiger partial charge in [-0.2, -0.15) is 0 Å². The Labute approximate surface area is 167 Å². The first-order chi connectivity index (χ1) is 14.1. The van der Waals surface area contributed by atoms with Crippen LogP contribution in [0.3, 0.4) is 0 Å². The standard InChI is InChI=1S/C21H22N4O4/c1-13-9-18(14-5-4-7-22-11-14)28-21(27)19(13)20(26)24-12-15-10-17(25-29-15)16-6-2-3-8-23-16/h2-3,6,8-10,14,22H,4-5,7,11-12H2,1H3,(H,24,26). The molecule has 29 heavy (non-hydrogen) atoms. The van der Waals surface area contributed by atoms with Gasteiger partial charge in [-0.25, -0.2) is 4.79 Å². The Hall–Kier alpha value is -3.26. The summed E-state index contributed by atoms with van der Waals surface area (Å²) in [6.07, 6.45) is 3.67. The highest BCUT2D eigenvalue weighted by molar-refractivity contribution is 5.95. The van der Waals surface area contributed by atoms with Crippen LogP contribution in [-0.2, 0) is 6.54 Å². The topological polar surface area (TPSA) is 110 Å². The second-order valence-electron chi connectivity index (χ2n) is 7.11. The van der Waals surface area contributed by atoms with Gasteiger partial charge in [-0.05, 0) is 50.1 Å². The van der Waals surface area contributed by atoms with E-state index in [1.165, 1.54) is 0 Å². The SMILES string of the molecule is Cc1cc(C2CCCNC2)oc(=O)c1C(=O)NCc1cc(-c2ccccn2)no1. The van der Waals surface area contributed by atoms with Gasteiger partial charge in [0, 0.05) is 24.7 Å². The first-order valence-corrected chi connectivity index (χ1v) is 9.62. The molecule has 8 heteroatoms. The quantitative estimate of drug-likeness (QED) is 0.684. The number of rotatable bonds is 5. The summed E-state index contributed by atoms with van der Waals surface area (Å²) in [5.74, 6) is 0.754. The number of hydrogen-bond donors (Lipinski definition) is 2. The number of piperidine rings is 1. The Bertz CT molecular complexity index is 1050. The van der Waals surface area contributed by atoms with Crippen molar-refractivity contribution in [3.8, 4) is 11.4 Å². The van der Waals surface area contributed by atoms with Crippen LogP contribution < -0.4 is 16.3 Å². The van der Waals surface area contributed by atoms with Gasteiger partial charge in [0.2, 0.25) is 0 Å². The molecule has 0 radical (unpaired) electrons. The number of aryl methyl sites for hydroxylation is 1. The molecule has 8 nitrogen and oxygen atoms in total. The maximum Gasteiger partial charge on any atom is 0.349 e. The van der Waals surface area contributed by atoms with Crippen molar-refractivity contribution in [2.75, 3.05) is 13.1 Å². The van der Waals surface area contributed by atoms with Crippen molar-refractivity contribution in [2.24, 2.45) is 0 Å². The number of aromatic nitrogens is 2. The van der Waals surface area contributed by atoms with Crippen molar-refractivity contribution in [1.82, 2.24) is 20.8 Å². The van der Waals surface area contributed by atoms with Crippen LogP contribution in [0.4, 0.5) is 0 Å². The van der Waals surface area contributed by atoms with E-state index in [1.807, 2.05) is 18.2 Å². The average Bonchev–Trinajstić information content (AvgIpc) is 3.22. The number of carbonyl (C=O) groups excluding carboxylic acids is 1. The molecule has 1 fully saturated rings. The molecule has 0 spiro atoms. The van der Waals surface area contributed by atoms with E-state index >= 15 is 0 Å². The van der Waals surface area contributed by atoms with Crippen LogP contribution in [0.5, 0.6) is 0 Å². The molecule has 3 aromatic heterocycles. The van der Waals surface area contributed by atoms with E-state index < -0.39 is 11.5 Å². The zero-order valence-electron chi connectivity index (χ0n) is 16.1. The van der Waals surface area contributed by atoms with Crippen molar-refractivity contribution in [3.05, 3.63) is 69.6 Å². The van der Waals surface area contributed by atoms with Gasteiger partial charge in [0.05, 0.1) is 12.2 Å². The Kier molecular flexibility index (Phi) is 5.53. The molecular weight excluding hydrogens is 372 g/mol. The second kappa shape index (κ2) is 8.40. The Balaban J connectivity index is 1.45. The summed E-state index contributed by atoms with van der Waals surface area (Å²) >= 11 is 0. The Morgan fingerprint density at radius 2 is 2.21 bits per heavy atom. The Morgan fingerprint density at radius 1 is 1.31 bits per heavy atom. The summed E-state index contributed by atoms with van der Waals surface area (Å²) in [6, 6.07) is 8.99. The Morgan fingerprint density at radius 3 is 2.93 bits per heavy atom. The molecule has 0 aliphatic carbocycles. The molecule has 0 saturated carbocycles. The third-order valence-electron chi connectivity index (χ3n) is 5.00. The van der Waals surface area contributed by atoms with Gasteiger partial charge >= 0.3 is 5.63 Å². The molecule has 1 saturated heterocycles. The molecule has 1 atom stereocenters. The molecular formula is C21H22N4O4. The van der Waals surface area contributed by atoms with Crippen molar-refractivity contribution < 1.29 is 13.7 Å². The van der Waals surface area contributed by atoms with E-state index in [-0.39, 0.29) is 18.0 Å². The smallest absolute Gasteiger partial charge is 0.349 e. The third kappa shape index (κ3) is 4.27. The second-order valence-corrected chi connectivity index (χ2v) is 7.11. The van der Waals surface area contributed by atoms with Gasteiger partial charge < -0.3 is 19.6 Å². The van der Waals surface area contributed by atoms with Crippen molar-refractivity contribution in [3.63, 3.8) is 0 Å². The molecule has 1 aliphatic rings. The number of pyridine rings is 1. The van der Waals surface area contributed by atoms with E-state index in [0.717, 1.165) is 25.9 Å². The fourth-order valence-corrected chi connectivity index (χ4v) is 3.49. The maximum atomic E-state index is 12.6. The van der Waals surface area contributed by atoms with E-state index in [2.05, 4.69) is 20.8 Å². The fraction of sp³-hybridized carbons (Fsp3) is 0.333. The van der Waals surface area contributed by atoms with Crippen LogP contribution in [0.1, 0.15) is 46.2 Å². The van der Waals surface area contributed by atoms with Crippen LogP contribution in [-0.4, -0.2) is 29.1 Å². The lowest BCUT2D eigenvalue weighted by Crippen LogP contribution is -2.31. The van der Waals surface area contributed by atoms with Crippen LogP contribution >= 0.6 is 0 Å². The minimum absolute atomic E-state index is 0.0157. The van der Waals surface area contributed by atoms with Gasteiger partial charge in [0.15, 0.2) is 5.76 Å². The van der Waals surface area contributed by atoms with Crippen LogP contribution in [0.25, 0.3) is 11.4 Å². The highest BCUT2D eigenvalue weighted by Crippen LogP contribution is 2.23. The highest BCUT2D eigenvalue weighted by Gasteiger charge is 2.22. The van der Waals surface area contributed by atoms with Crippen molar-refractivity contribution in [2.45, 2.75) is 32.2 Å². The molecule has 1 aliphatic heterocycles. The molecule has 4 heterocycles. The molecule has 2 N–H and O–H groups in total. The fourth-order valence-electron chi connectivity index (χ4n) is 3.49. The van der Waals surface area contributed by atoms with Crippen LogP contribution in [0.2, 0.25) is 0 Å². The van der Waals surface area contributed by atoms with Gasteiger partial charge in [-0.15, -0.1) is 0 Å². The van der Waals surface area contributed by atoms with Crippen LogP contribution in [0, 0.1) is 6.92 Å². The zero-order chi connectivity index (χ0) is 20.2. The minimum Gasteiger partial charge on any atom is -0.427 e. The summed E-state index contributed by atoms with van der Waals surface area (Å²) in [4.78, 5) is 29.2. The van der Waals surface area contributed by atoms with Crippen molar-refractivity contribution in [1.29, 1.82) is 0 Å². The first kappa shape index (κ1) is 19.1. The van der Waals surface area contributed by atoms with Crippen molar-refractivity contribution >= 4 is 5.91 Å². The summed E-state index contributed by atoms with van der Waals surface area (Å²) < 4.78 is 10.7. The molecule has 0 bridgehead atoms. The summed E-state index contributed by atoms with van der Waals surface area (Å²) in [5, 5.41) is 9.96. The number of nitrogens with zero attached hydrogens (tertiary/aromatic N) is 2. The lowest BCUT2D eigenvalue weighted by Gasteiger charge is -2.22. The highest BCUT2D eigenvalue weighted by atomic mass is 16.5. The van der Waals surface area contributed by atoms with E-state index in [1.54, 1.807) is 25.3 Å². The number of hydrogen-bond acceptors (Lipinski definition) is 7. The molecule has 0 aromatic carbocycles. The number of amides is 1. The van der Waals surface area contributed by atoms with Gasteiger partial charge in [-0.1, -0.05) is 11.2 Å². The predicted molar refractivity (Wildman–Crippen MR) is 105 cm³/mol. The van der Waals surface area contributed by atoms with Gasteiger partial charge in [0.25, 0.3) is 5.91 Å². The van der Waals surface area contributed by atoms with E-state index in [4.69, 9.17) is 8.94 Å². The lowest BCUT2D eigenvalue weighted by atomic mass is 9.95. The van der Waals surface area contributed by atoms with Gasteiger partial charge in [-0.3, -0.25) is 9.78 Å². The zero-order valence-corrected chi connectivity index (χ0v) is 16.1. The first-order valence-electron chi connectivity index (χ1n) is 9.62. The average molecular weight is 394 g/mol.